The molecule has 0 spiro atoms. The third kappa shape index (κ3) is 3.41. The number of nitrogens with zero attached hydrogens (tertiary/aromatic N) is 1. The van der Waals surface area contributed by atoms with E-state index in [-0.39, 0.29) is 12.0 Å². The highest BCUT2D eigenvalue weighted by Gasteiger charge is 2.24. The van der Waals surface area contributed by atoms with Crippen molar-refractivity contribution in [3.8, 4) is 0 Å². The monoisotopic (exact) mass is 230 g/mol. The number of rotatable bonds is 3. The Labute approximate surface area is 94.9 Å². The van der Waals surface area contributed by atoms with Crippen LogP contribution in [0.15, 0.2) is 4.99 Å². The summed E-state index contributed by atoms with van der Waals surface area (Å²) in [6.07, 6.45) is 0. The number of esters is 1. The highest BCUT2D eigenvalue weighted by molar-refractivity contribution is 8.14. The van der Waals surface area contributed by atoms with E-state index in [0.717, 1.165) is 11.7 Å². The molecule has 1 rings (SSSR count). The van der Waals surface area contributed by atoms with Crippen molar-refractivity contribution in [2.75, 3.05) is 13.7 Å². The predicted octanol–water partition coefficient (Wildman–Crippen LogP) is 1.26. The van der Waals surface area contributed by atoms with Crippen molar-refractivity contribution >= 4 is 22.9 Å². The number of carbonyl (C=O) groups is 1. The first-order valence-electron chi connectivity index (χ1n) is 5.10. The maximum Gasteiger partial charge on any atom is 0.328 e. The predicted molar refractivity (Wildman–Crippen MR) is 63.1 cm³/mol. The first kappa shape index (κ1) is 12.4. The molecule has 1 aliphatic heterocycles. The largest absolute Gasteiger partial charge is 0.467 e. The molecule has 0 fully saturated rings. The molecule has 2 atom stereocenters. The van der Waals surface area contributed by atoms with Gasteiger partial charge in [-0.15, -0.1) is 0 Å². The Morgan fingerprint density at radius 2 is 2.27 bits per heavy atom. The third-order valence-electron chi connectivity index (χ3n) is 2.32. The molecule has 0 aromatic carbocycles. The first-order valence-corrected chi connectivity index (χ1v) is 5.98. The Bertz CT molecular complexity index is 266. The van der Waals surface area contributed by atoms with E-state index in [1.807, 2.05) is 0 Å². The first-order chi connectivity index (χ1) is 7.04. The molecule has 0 bridgehead atoms. The fraction of sp³-hybridized carbons (Fsp3) is 0.800. The zero-order chi connectivity index (χ0) is 11.4. The maximum absolute atomic E-state index is 11.2. The average Bonchev–Trinajstić information content (AvgIpc) is 2.65. The summed E-state index contributed by atoms with van der Waals surface area (Å²) in [5, 5.41) is 4.43. The summed E-state index contributed by atoms with van der Waals surface area (Å²) in [7, 11) is 1.39. The highest BCUT2D eigenvalue weighted by atomic mass is 32.2. The van der Waals surface area contributed by atoms with Crippen LogP contribution >= 0.6 is 11.8 Å². The summed E-state index contributed by atoms with van der Waals surface area (Å²) in [6, 6.07) is -0.327. The van der Waals surface area contributed by atoms with Gasteiger partial charge in [0, 0.05) is 5.25 Å². The van der Waals surface area contributed by atoms with Crippen LogP contribution < -0.4 is 5.32 Å². The molecule has 0 aromatic heterocycles. The minimum absolute atomic E-state index is 0.258. The van der Waals surface area contributed by atoms with Crippen molar-refractivity contribution in [1.29, 1.82) is 0 Å². The maximum atomic E-state index is 11.2. The molecule has 0 aliphatic carbocycles. The summed E-state index contributed by atoms with van der Waals surface area (Å²) in [5.41, 5.74) is 0. The molecule has 0 saturated carbocycles. The number of amidine groups is 1. The van der Waals surface area contributed by atoms with Crippen LogP contribution in [0.25, 0.3) is 0 Å². The molecule has 5 heteroatoms. The van der Waals surface area contributed by atoms with Crippen molar-refractivity contribution in [3.05, 3.63) is 0 Å². The number of aliphatic imine (C=N–C) groups is 1. The van der Waals surface area contributed by atoms with Gasteiger partial charge in [0.25, 0.3) is 0 Å². The van der Waals surface area contributed by atoms with Gasteiger partial charge in [-0.1, -0.05) is 25.6 Å². The van der Waals surface area contributed by atoms with Crippen molar-refractivity contribution in [2.24, 2.45) is 10.9 Å². The Kier molecular flexibility index (Phi) is 4.45. The molecule has 0 amide bonds. The highest BCUT2D eigenvalue weighted by Crippen LogP contribution is 2.25. The van der Waals surface area contributed by atoms with E-state index in [2.05, 4.69) is 28.9 Å². The Hall–Kier alpha value is -0.710. The van der Waals surface area contributed by atoms with Crippen molar-refractivity contribution in [3.63, 3.8) is 0 Å². The quantitative estimate of drug-likeness (QED) is 0.742. The zero-order valence-corrected chi connectivity index (χ0v) is 10.4. The van der Waals surface area contributed by atoms with Gasteiger partial charge in [0.05, 0.1) is 13.7 Å². The summed E-state index contributed by atoms with van der Waals surface area (Å²) in [5.74, 6) is 0.345. The number of ether oxygens (including phenoxy) is 1. The molecule has 1 N–H and O–H groups in total. The normalized spacial score (nSPS) is 22.5. The van der Waals surface area contributed by atoms with Crippen LogP contribution in [-0.2, 0) is 9.53 Å². The SMILES string of the molecule is COC(=O)C(C)NC1=NCC(C(C)C)S1. The lowest BCUT2D eigenvalue weighted by atomic mass is 10.1. The molecule has 0 aromatic rings. The van der Waals surface area contributed by atoms with Gasteiger partial charge in [0.2, 0.25) is 0 Å². The van der Waals surface area contributed by atoms with Crippen molar-refractivity contribution < 1.29 is 9.53 Å². The van der Waals surface area contributed by atoms with Crippen molar-refractivity contribution in [2.45, 2.75) is 32.1 Å². The van der Waals surface area contributed by atoms with Crippen LogP contribution in [0.5, 0.6) is 0 Å². The van der Waals surface area contributed by atoms with Gasteiger partial charge in [-0.3, -0.25) is 4.99 Å². The number of carbonyl (C=O) groups excluding carboxylic acids is 1. The number of thioether (sulfide) groups is 1. The smallest absolute Gasteiger partial charge is 0.328 e. The van der Waals surface area contributed by atoms with Gasteiger partial charge < -0.3 is 10.1 Å². The topological polar surface area (TPSA) is 50.7 Å². The molecule has 15 heavy (non-hydrogen) atoms. The van der Waals surface area contributed by atoms with E-state index in [0.29, 0.717) is 11.2 Å². The second-order valence-electron chi connectivity index (χ2n) is 3.94. The van der Waals surface area contributed by atoms with E-state index in [4.69, 9.17) is 0 Å². The van der Waals surface area contributed by atoms with Gasteiger partial charge >= 0.3 is 5.97 Å². The van der Waals surface area contributed by atoms with Gasteiger partial charge in [-0.2, -0.15) is 0 Å². The molecule has 1 aliphatic rings. The summed E-state index contributed by atoms with van der Waals surface area (Å²) in [6.45, 7) is 6.97. The molecule has 86 valence electrons. The Morgan fingerprint density at radius 3 is 2.73 bits per heavy atom. The lowest BCUT2D eigenvalue weighted by molar-refractivity contribution is -0.142. The van der Waals surface area contributed by atoms with E-state index in [9.17, 15) is 4.79 Å². The van der Waals surface area contributed by atoms with Gasteiger partial charge in [0.15, 0.2) is 5.17 Å². The second-order valence-corrected chi connectivity index (χ2v) is 5.16. The summed E-state index contributed by atoms with van der Waals surface area (Å²) < 4.78 is 4.63. The van der Waals surface area contributed by atoms with Gasteiger partial charge in [-0.25, -0.2) is 4.79 Å². The zero-order valence-electron chi connectivity index (χ0n) is 9.61. The number of methoxy groups -OCH3 is 1. The standard InChI is InChI=1S/C10H18N2O2S/c1-6(2)8-5-11-10(15-8)12-7(3)9(13)14-4/h6-8H,5H2,1-4H3,(H,11,12). The molecule has 0 radical (unpaired) electrons. The lowest BCUT2D eigenvalue weighted by Crippen LogP contribution is -2.37. The van der Waals surface area contributed by atoms with Crippen LogP contribution in [-0.4, -0.2) is 36.1 Å². The van der Waals surface area contributed by atoms with E-state index in [1.165, 1.54) is 7.11 Å². The molecule has 0 saturated heterocycles. The Balaban J connectivity index is 2.39. The molecule has 4 nitrogen and oxygen atoms in total. The van der Waals surface area contributed by atoms with E-state index >= 15 is 0 Å². The lowest BCUT2D eigenvalue weighted by Gasteiger charge is -2.14. The number of hydrogen-bond donors (Lipinski definition) is 1. The Morgan fingerprint density at radius 1 is 1.60 bits per heavy atom. The van der Waals surface area contributed by atoms with Crippen LogP contribution in [0, 0.1) is 5.92 Å². The van der Waals surface area contributed by atoms with Crippen LogP contribution in [0.1, 0.15) is 20.8 Å². The number of nitrogens with one attached hydrogen (secondary N) is 1. The van der Waals surface area contributed by atoms with Crippen LogP contribution in [0.3, 0.4) is 0 Å². The van der Waals surface area contributed by atoms with Crippen LogP contribution in [0.4, 0.5) is 0 Å². The van der Waals surface area contributed by atoms with Crippen molar-refractivity contribution in [1.82, 2.24) is 5.32 Å². The van der Waals surface area contributed by atoms with E-state index in [1.54, 1.807) is 18.7 Å². The average molecular weight is 230 g/mol. The summed E-state index contributed by atoms with van der Waals surface area (Å²) >= 11 is 1.71. The van der Waals surface area contributed by atoms with Gasteiger partial charge in [-0.05, 0) is 12.8 Å². The molecular weight excluding hydrogens is 212 g/mol. The fourth-order valence-electron chi connectivity index (χ4n) is 1.24. The molecule has 2 unspecified atom stereocenters. The third-order valence-corrected chi connectivity index (χ3v) is 3.78. The minimum atomic E-state index is -0.327. The second kappa shape index (κ2) is 5.39. The molecular formula is C10H18N2O2S. The van der Waals surface area contributed by atoms with E-state index < -0.39 is 0 Å². The van der Waals surface area contributed by atoms with Gasteiger partial charge in [0.1, 0.15) is 6.04 Å². The summed E-state index contributed by atoms with van der Waals surface area (Å²) in [4.78, 5) is 15.5. The van der Waals surface area contributed by atoms with Crippen LogP contribution in [0.2, 0.25) is 0 Å². The fourth-order valence-corrected chi connectivity index (χ4v) is 2.34. The minimum Gasteiger partial charge on any atom is -0.467 e. The number of hydrogen-bond acceptors (Lipinski definition) is 5. The molecule has 1 heterocycles.